The predicted octanol–water partition coefficient (Wildman–Crippen LogP) is 4.15. The Labute approximate surface area is 85.5 Å². The summed E-state index contributed by atoms with van der Waals surface area (Å²) in [7, 11) is -1.75. The molecule has 1 aliphatic carbocycles. The summed E-state index contributed by atoms with van der Waals surface area (Å²) in [5, 5.41) is 0. The van der Waals surface area contributed by atoms with Crippen molar-refractivity contribution in [1.29, 1.82) is 0 Å². The molecule has 1 aliphatic rings. The highest BCUT2D eigenvalue weighted by atomic mass is 28.3. The van der Waals surface area contributed by atoms with E-state index >= 15 is 0 Å². The third-order valence-corrected chi connectivity index (χ3v) is 6.88. The van der Waals surface area contributed by atoms with Gasteiger partial charge in [0.25, 0.3) is 0 Å². The van der Waals surface area contributed by atoms with Gasteiger partial charge in [0.1, 0.15) is 0 Å². The second-order valence-electron chi connectivity index (χ2n) is 6.60. The molecule has 0 bridgehead atoms. The van der Waals surface area contributed by atoms with E-state index in [0.717, 1.165) is 11.5 Å². The first kappa shape index (κ1) is 11.2. The van der Waals surface area contributed by atoms with Gasteiger partial charge in [0.2, 0.25) is 0 Å². The van der Waals surface area contributed by atoms with Crippen molar-refractivity contribution in [3.63, 3.8) is 0 Å². The molecule has 0 nitrogen and oxygen atoms in total. The quantitative estimate of drug-likeness (QED) is 0.617. The van der Waals surface area contributed by atoms with Gasteiger partial charge >= 0.3 is 0 Å². The van der Waals surface area contributed by atoms with E-state index in [0.29, 0.717) is 0 Å². The van der Waals surface area contributed by atoms with E-state index in [1.807, 2.05) is 0 Å². The minimum Gasteiger partial charge on any atom is -0.0986 e. The molecule has 1 fully saturated rings. The van der Waals surface area contributed by atoms with Crippen LogP contribution in [0.15, 0.2) is 11.8 Å². The smallest absolute Gasteiger partial charge is 0.0682 e. The molecule has 0 aromatic carbocycles. The first-order valence-corrected chi connectivity index (χ1v) is 12.5. The van der Waals surface area contributed by atoms with Gasteiger partial charge in [-0.05, 0) is 17.9 Å². The van der Waals surface area contributed by atoms with E-state index in [9.17, 15) is 0 Å². The van der Waals surface area contributed by atoms with Gasteiger partial charge in [-0.1, -0.05) is 51.1 Å². The molecular formula is C11H24Si2. The summed E-state index contributed by atoms with van der Waals surface area (Å²) in [6, 6.07) is 0. The van der Waals surface area contributed by atoms with Crippen LogP contribution in [0.3, 0.4) is 0 Å². The summed E-state index contributed by atoms with van der Waals surface area (Å²) in [5.74, 6) is 0.957. The lowest BCUT2D eigenvalue weighted by atomic mass is 10.4. The Morgan fingerprint density at radius 1 is 1.00 bits per heavy atom. The molecule has 1 unspecified atom stereocenters. The van der Waals surface area contributed by atoms with Crippen LogP contribution >= 0.6 is 0 Å². The predicted molar refractivity (Wildman–Crippen MR) is 67.7 cm³/mol. The lowest BCUT2D eigenvalue weighted by Gasteiger charge is -2.14. The molecule has 0 aromatic rings. The van der Waals surface area contributed by atoms with E-state index in [1.165, 1.54) is 6.42 Å². The van der Waals surface area contributed by atoms with Gasteiger partial charge in [-0.15, -0.1) is 0 Å². The molecule has 2 atom stereocenters. The van der Waals surface area contributed by atoms with Crippen molar-refractivity contribution >= 4 is 16.1 Å². The molecule has 0 N–H and O–H groups in total. The van der Waals surface area contributed by atoms with Crippen LogP contribution in [0.4, 0.5) is 0 Å². The molecule has 1 saturated carbocycles. The van der Waals surface area contributed by atoms with Crippen molar-refractivity contribution in [3.8, 4) is 0 Å². The second-order valence-corrected chi connectivity index (χ2v) is 17.1. The zero-order chi connectivity index (χ0) is 10.3. The topological polar surface area (TPSA) is 0 Å². The normalized spacial score (nSPS) is 29.7. The van der Waals surface area contributed by atoms with Crippen LogP contribution in [-0.2, 0) is 0 Å². The van der Waals surface area contributed by atoms with Crippen LogP contribution in [0, 0.1) is 5.92 Å². The maximum atomic E-state index is 2.53. The minimum atomic E-state index is -0.934. The summed E-state index contributed by atoms with van der Waals surface area (Å²) >= 11 is 0. The van der Waals surface area contributed by atoms with E-state index < -0.39 is 16.1 Å². The molecule has 0 spiro atoms. The highest BCUT2D eigenvalue weighted by Crippen LogP contribution is 2.52. The lowest BCUT2D eigenvalue weighted by Crippen LogP contribution is -2.20. The van der Waals surface area contributed by atoms with E-state index in [-0.39, 0.29) is 0 Å². The van der Waals surface area contributed by atoms with Crippen molar-refractivity contribution in [2.45, 2.75) is 51.2 Å². The standard InChI is InChI=1S/C11H24Si2/c1-12(2,3)8-7-10-9-11(10)13(4,5)6/h7-8,10-11H,9H2,1-6H3/b8-7+/t10?,11-/m0/s1. The first-order valence-electron chi connectivity index (χ1n) is 5.39. The Hall–Kier alpha value is 0.174. The van der Waals surface area contributed by atoms with Gasteiger partial charge in [0.05, 0.1) is 8.07 Å². The third-order valence-electron chi connectivity index (χ3n) is 2.80. The third kappa shape index (κ3) is 3.82. The Bertz CT molecular complexity index is 205. The van der Waals surface area contributed by atoms with Crippen LogP contribution in [0.2, 0.25) is 44.8 Å². The van der Waals surface area contributed by atoms with Crippen LogP contribution in [0.1, 0.15) is 6.42 Å². The molecule has 76 valence electrons. The van der Waals surface area contributed by atoms with Gasteiger partial charge in [-0.3, -0.25) is 0 Å². The highest BCUT2D eigenvalue weighted by molar-refractivity contribution is 6.81. The maximum absolute atomic E-state index is 2.53. The van der Waals surface area contributed by atoms with Crippen LogP contribution < -0.4 is 0 Å². The van der Waals surface area contributed by atoms with Gasteiger partial charge in [0.15, 0.2) is 0 Å². The van der Waals surface area contributed by atoms with Gasteiger partial charge in [-0.25, -0.2) is 0 Å². The molecule has 0 radical (unpaired) electrons. The molecule has 0 amide bonds. The molecule has 13 heavy (non-hydrogen) atoms. The van der Waals surface area contributed by atoms with Crippen LogP contribution in [-0.4, -0.2) is 16.1 Å². The number of hydrogen-bond donors (Lipinski definition) is 0. The fourth-order valence-electron chi connectivity index (χ4n) is 1.84. The zero-order valence-electron chi connectivity index (χ0n) is 10.0. The van der Waals surface area contributed by atoms with E-state index in [4.69, 9.17) is 0 Å². The molecule has 0 aliphatic heterocycles. The van der Waals surface area contributed by atoms with Crippen molar-refractivity contribution < 1.29 is 0 Å². The summed E-state index contributed by atoms with van der Waals surface area (Å²) in [5.41, 5.74) is 3.61. The molecule has 2 heteroatoms. The fraction of sp³-hybridized carbons (Fsp3) is 0.818. The second kappa shape index (κ2) is 3.39. The van der Waals surface area contributed by atoms with Gasteiger partial charge in [0, 0.05) is 8.07 Å². The Kier molecular flexibility index (Phi) is 2.93. The summed E-state index contributed by atoms with van der Waals surface area (Å²) in [4.78, 5) is 0. The Morgan fingerprint density at radius 2 is 1.54 bits per heavy atom. The molecule has 1 rings (SSSR count). The number of rotatable bonds is 3. The molecule has 0 aromatic heterocycles. The largest absolute Gasteiger partial charge is 0.0986 e. The van der Waals surface area contributed by atoms with Crippen molar-refractivity contribution in [2.24, 2.45) is 5.92 Å². The SMILES string of the molecule is C[Si](C)(C)/C=C/C1C[C@@H]1[Si](C)(C)C. The van der Waals surface area contributed by atoms with Crippen molar-refractivity contribution in [1.82, 2.24) is 0 Å². The molecule has 0 heterocycles. The first-order chi connectivity index (χ1) is 5.70. The molecular weight excluding hydrogens is 188 g/mol. The van der Waals surface area contributed by atoms with Gasteiger partial charge in [-0.2, -0.15) is 0 Å². The minimum absolute atomic E-state index is 0.819. The fourth-order valence-corrected chi connectivity index (χ4v) is 5.03. The highest BCUT2D eigenvalue weighted by Gasteiger charge is 2.44. The monoisotopic (exact) mass is 212 g/mol. The molecule has 0 saturated heterocycles. The van der Waals surface area contributed by atoms with E-state index in [1.54, 1.807) is 0 Å². The number of allylic oxidation sites excluding steroid dienone is 1. The van der Waals surface area contributed by atoms with Crippen molar-refractivity contribution in [2.75, 3.05) is 0 Å². The Morgan fingerprint density at radius 3 is 1.85 bits per heavy atom. The summed E-state index contributed by atoms with van der Waals surface area (Å²) < 4.78 is 0. The van der Waals surface area contributed by atoms with Crippen LogP contribution in [0.25, 0.3) is 0 Å². The summed E-state index contributed by atoms with van der Waals surface area (Å²) in [6.07, 6.45) is 4.01. The maximum Gasteiger partial charge on any atom is 0.0682 e. The summed E-state index contributed by atoms with van der Waals surface area (Å²) in [6.45, 7) is 14.7. The van der Waals surface area contributed by atoms with Crippen LogP contribution in [0.5, 0.6) is 0 Å². The lowest BCUT2D eigenvalue weighted by molar-refractivity contribution is 1.10. The van der Waals surface area contributed by atoms with E-state index in [2.05, 4.69) is 51.1 Å². The number of hydrogen-bond acceptors (Lipinski definition) is 0. The Balaban J connectivity index is 2.41. The average Bonchev–Trinajstić information content (AvgIpc) is 2.57. The van der Waals surface area contributed by atoms with Gasteiger partial charge < -0.3 is 0 Å². The average molecular weight is 212 g/mol. The van der Waals surface area contributed by atoms with Crippen molar-refractivity contribution in [3.05, 3.63) is 11.8 Å². The zero-order valence-corrected chi connectivity index (χ0v) is 12.0.